The summed E-state index contributed by atoms with van der Waals surface area (Å²) in [5.74, 6) is 0.126. The van der Waals surface area contributed by atoms with E-state index in [4.69, 9.17) is 0 Å². The first kappa shape index (κ1) is 17.8. The van der Waals surface area contributed by atoms with Crippen molar-refractivity contribution in [3.05, 3.63) is 85.5 Å². The molecule has 8 heteroatoms. The first-order chi connectivity index (χ1) is 13.5. The number of nitro groups is 2. The van der Waals surface area contributed by atoms with E-state index in [2.05, 4.69) is 10.5 Å². The molecule has 0 aromatic heterocycles. The summed E-state index contributed by atoms with van der Waals surface area (Å²) in [5.41, 5.74) is 6.87. The highest BCUT2D eigenvalue weighted by Crippen LogP contribution is 2.40. The minimum Gasteiger partial charge on any atom is -0.302 e. The van der Waals surface area contributed by atoms with Gasteiger partial charge in [0.15, 0.2) is 0 Å². The molecule has 2 aromatic carbocycles. The third-order valence-electron chi connectivity index (χ3n) is 5.23. The van der Waals surface area contributed by atoms with E-state index < -0.39 is 9.85 Å². The molecule has 0 bridgehead atoms. The van der Waals surface area contributed by atoms with Crippen molar-refractivity contribution < 1.29 is 9.85 Å². The number of hydrogen-bond donors (Lipinski definition) is 1. The Hall–Kier alpha value is -3.55. The summed E-state index contributed by atoms with van der Waals surface area (Å²) < 4.78 is 0. The van der Waals surface area contributed by atoms with Gasteiger partial charge in [0.1, 0.15) is 0 Å². The van der Waals surface area contributed by atoms with E-state index >= 15 is 0 Å². The fourth-order valence-corrected chi connectivity index (χ4v) is 3.94. The maximum Gasteiger partial charge on any atom is 0.270 e. The second-order valence-electron chi connectivity index (χ2n) is 6.98. The minimum absolute atomic E-state index is 0.0580. The van der Waals surface area contributed by atoms with E-state index in [1.54, 1.807) is 24.3 Å². The summed E-state index contributed by atoms with van der Waals surface area (Å²) in [6.07, 6.45) is 4.71. The molecule has 28 heavy (non-hydrogen) atoms. The van der Waals surface area contributed by atoms with Crippen LogP contribution in [0.2, 0.25) is 0 Å². The lowest BCUT2D eigenvalue weighted by atomic mass is 9.78. The van der Waals surface area contributed by atoms with Gasteiger partial charge < -0.3 is 5.43 Å². The quantitative estimate of drug-likeness (QED) is 0.627. The van der Waals surface area contributed by atoms with Crippen LogP contribution >= 0.6 is 0 Å². The molecule has 4 rings (SSSR count). The van der Waals surface area contributed by atoms with Gasteiger partial charge in [-0.1, -0.05) is 24.3 Å². The maximum atomic E-state index is 11.1. The number of nitrogens with one attached hydrogen (secondary N) is 1. The van der Waals surface area contributed by atoms with Crippen LogP contribution in [0.25, 0.3) is 6.08 Å². The van der Waals surface area contributed by atoms with E-state index in [0.717, 1.165) is 41.7 Å². The van der Waals surface area contributed by atoms with Crippen molar-refractivity contribution in [2.45, 2.75) is 25.3 Å². The molecule has 2 atom stereocenters. The van der Waals surface area contributed by atoms with Gasteiger partial charge in [-0.15, -0.1) is 0 Å². The normalized spacial score (nSPS) is 22.3. The van der Waals surface area contributed by atoms with Crippen LogP contribution in [0, 0.1) is 26.1 Å². The van der Waals surface area contributed by atoms with Crippen molar-refractivity contribution in [1.82, 2.24) is 5.43 Å². The number of hydrogen-bond acceptors (Lipinski definition) is 6. The van der Waals surface area contributed by atoms with Gasteiger partial charge in [-0.2, -0.15) is 5.10 Å². The van der Waals surface area contributed by atoms with E-state index in [1.807, 2.05) is 18.2 Å². The number of fused-ring (bicyclic) bond motifs is 1. The fraction of sp³-hybridized carbons (Fsp3) is 0.250. The predicted molar refractivity (Wildman–Crippen MR) is 105 cm³/mol. The van der Waals surface area contributed by atoms with Gasteiger partial charge in [0.25, 0.3) is 11.4 Å². The van der Waals surface area contributed by atoms with Crippen LogP contribution in [0.5, 0.6) is 0 Å². The van der Waals surface area contributed by atoms with Crippen molar-refractivity contribution >= 4 is 23.2 Å². The SMILES string of the molecule is O=[N+]([O-])c1cccc(/C=C2\CCCC3C2=NNC3c2cccc([N+](=O)[O-])c2)c1. The molecule has 2 aromatic rings. The number of hydrazone groups is 1. The Balaban J connectivity index is 1.62. The van der Waals surface area contributed by atoms with Gasteiger partial charge in [0.2, 0.25) is 0 Å². The summed E-state index contributed by atoms with van der Waals surface area (Å²) in [6.45, 7) is 0. The van der Waals surface area contributed by atoms with Crippen LogP contribution in [0.1, 0.15) is 36.4 Å². The van der Waals surface area contributed by atoms with Crippen molar-refractivity contribution in [2.24, 2.45) is 11.0 Å². The molecule has 1 aliphatic heterocycles. The first-order valence-corrected chi connectivity index (χ1v) is 9.06. The molecule has 1 N–H and O–H groups in total. The van der Waals surface area contributed by atoms with Crippen molar-refractivity contribution in [3.8, 4) is 0 Å². The molecule has 1 fully saturated rings. The number of non-ortho nitro benzene ring substituents is 2. The zero-order valence-electron chi connectivity index (χ0n) is 14.9. The Bertz CT molecular complexity index is 1010. The third-order valence-corrected chi connectivity index (χ3v) is 5.23. The monoisotopic (exact) mass is 378 g/mol. The summed E-state index contributed by atoms with van der Waals surface area (Å²) in [4.78, 5) is 21.3. The van der Waals surface area contributed by atoms with Crippen LogP contribution in [-0.4, -0.2) is 15.6 Å². The van der Waals surface area contributed by atoms with Gasteiger partial charge in [0.05, 0.1) is 21.6 Å². The molecule has 0 radical (unpaired) electrons. The highest BCUT2D eigenvalue weighted by atomic mass is 16.6. The molecule has 0 saturated heterocycles. The lowest BCUT2D eigenvalue weighted by molar-refractivity contribution is -0.385. The average molecular weight is 378 g/mol. The number of rotatable bonds is 4. The highest BCUT2D eigenvalue weighted by molar-refractivity contribution is 6.07. The zero-order chi connectivity index (χ0) is 19.7. The van der Waals surface area contributed by atoms with Crippen LogP contribution in [0.15, 0.2) is 59.2 Å². The van der Waals surface area contributed by atoms with Gasteiger partial charge in [0, 0.05) is 30.2 Å². The number of nitrogens with zero attached hydrogens (tertiary/aromatic N) is 3. The molecule has 1 aliphatic carbocycles. The number of allylic oxidation sites excluding steroid dienone is 1. The summed E-state index contributed by atoms with van der Waals surface area (Å²) in [6, 6.07) is 13.1. The van der Waals surface area contributed by atoms with Crippen molar-refractivity contribution in [1.29, 1.82) is 0 Å². The topological polar surface area (TPSA) is 111 Å². The Labute approximate surface area is 160 Å². The minimum atomic E-state index is -0.404. The van der Waals surface area contributed by atoms with Crippen LogP contribution in [0.3, 0.4) is 0 Å². The van der Waals surface area contributed by atoms with Crippen LogP contribution in [0.4, 0.5) is 11.4 Å². The first-order valence-electron chi connectivity index (χ1n) is 9.06. The Morgan fingerprint density at radius 1 is 1.04 bits per heavy atom. The third kappa shape index (κ3) is 3.36. The molecule has 142 valence electrons. The van der Waals surface area contributed by atoms with Gasteiger partial charge in [-0.25, -0.2) is 0 Å². The maximum absolute atomic E-state index is 11.1. The number of nitro benzene ring substituents is 2. The highest BCUT2D eigenvalue weighted by Gasteiger charge is 2.37. The molecule has 0 spiro atoms. The second kappa shape index (κ2) is 7.22. The van der Waals surface area contributed by atoms with Gasteiger partial charge in [-0.05, 0) is 42.0 Å². The summed E-state index contributed by atoms with van der Waals surface area (Å²) in [7, 11) is 0. The van der Waals surface area contributed by atoms with E-state index in [0.29, 0.717) is 0 Å². The largest absolute Gasteiger partial charge is 0.302 e. The van der Waals surface area contributed by atoms with Crippen molar-refractivity contribution in [3.63, 3.8) is 0 Å². The standard InChI is InChI=1S/C20H18N4O4/c25-23(26)16-7-1-4-13(11-16)10-14-6-3-9-18-19(14)21-22-20(18)15-5-2-8-17(12-15)24(27)28/h1-2,4-5,7-8,10-12,18,20,22H,3,6,9H2/b14-10+. The fourth-order valence-electron chi connectivity index (χ4n) is 3.94. The Morgan fingerprint density at radius 2 is 1.75 bits per heavy atom. The summed E-state index contributed by atoms with van der Waals surface area (Å²) >= 11 is 0. The molecule has 2 aliphatic rings. The average Bonchev–Trinajstić information content (AvgIpc) is 3.13. The van der Waals surface area contributed by atoms with E-state index in [9.17, 15) is 20.2 Å². The molecule has 0 amide bonds. The molecule has 8 nitrogen and oxygen atoms in total. The predicted octanol–water partition coefficient (Wildman–Crippen LogP) is 4.39. The van der Waals surface area contributed by atoms with E-state index in [1.165, 1.54) is 12.1 Å². The molecule has 1 saturated carbocycles. The Morgan fingerprint density at radius 3 is 2.50 bits per heavy atom. The van der Waals surface area contributed by atoms with E-state index in [-0.39, 0.29) is 23.3 Å². The molecule has 2 unspecified atom stereocenters. The molecule has 1 heterocycles. The number of benzene rings is 2. The van der Waals surface area contributed by atoms with Gasteiger partial charge in [-0.3, -0.25) is 20.2 Å². The Kier molecular flexibility index (Phi) is 4.60. The smallest absolute Gasteiger partial charge is 0.270 e. The second-order valence-corrected chi connectivity index (χ2v) is 6.98. The zero-order valence-corrected chi connectivity index (χ0v) is 14.9. The lowest BCUT2D eigenvalue weighted by Crippen LogP contribution is -2.25. The molecular formula is C20H18N4O4. The van der Waals surface area contributed by atoms with Gasteiger partial charge >= 0.3 is 0 Å². The van der Waals surface area contributed by atoms with Crippen LogP contribution < -0.4 is 5.43 Å². The van der Waals surface area contributed by atoms with Crippen molar-refractivity contribution in [2.75, 3.05) is 0 Å². The molecular weight excluding hydrogens is 360 g/mol. The lowest BCUT2D eigenvalue weighted by Gasteiger charge is -2.26. The van der Waals surface area contributed by atoms with Crippen LogP contribution in [-0.2, 0) is 0 Å². The summed E-state index contributed by atoms with van der Waals surface area (Å²) in [5, 5.41) is 26.6.